The molecule has 8 heteroatoms. The Labute approximate surface area is 180 Å². The molecular weight excluding hydrogens is 482 g/mol. The van der Waals surface area contributed by atoms with Gasteiger partial charge in [-0.25, -0.2) is 9.37 Å². The van der Waals surface area contributed by atoms with Crippen LogP contribution in [0.5, 0.6) is 0 Å². The predicted octanol–water partition coefficient (Wildman–Crippen LogP) is 4.49. The van der Waals surface area contributed by atoms with Gasteiger partial charge in [0.05, 0.1) is 10.7 Å². The van der Waals surface area contributed by atoms with Crippen molar-refractivity contribution in [2.45, 2.75) is 31.6 Å². The molecule has 0 unspecified atom stereocenters. The van der Waals surface area contributed by atoms with E-state index in [1.165, 1.54) is 12.1 Å². The van der Waals surface area contributed by atoms with Crippen LogP contribution < -0.4 is 10.6 Å². The summed E-state index contributed by atoms with van der Waals surface area (Å²) in [5.74, 6) is 1.62. The number of thioether (sulfide) groups is 1. The maximum Gasteiger partial charge on any atom is 0.191 e. The van der Waals surface area contributed by atoms with E-state index in [-0.39, 0.29) is 29.8 Å². The van der Waals surface area contributed by atoms with Gasteiger partial charge >= 0.3 is 0 Å². The Balaban J connectivity index is 0.00000338. The smallest absolute Gasteiger partial charge is 0.191 e. The zero-order valence-electron chi connectivity index (χ0n) is 15.1. The Bertz CT molecular complexity index is 661. The second-order valence-electron chi connectivity index (χ2n) is 5.45. The molecule has 0 bridgehead atoms. The molecule has 4 nitrogen and oxygen atoms in total. The summed E-state index contributed by atoms with van der Waals surface area (Å²) >= 11 is 3.41. The van der Waals surface area contributed by atoms with Crippen LogP contribution in [-0.4, -0.2) is 36.3 Å². The molecule has 1 aromatic heterocycles. The maximum atomic E-state index is 12.9. The quantitative estimate of drug-likeness (QED) is 0.172. The van der Waals surface area contributed by atoms with Gasteiger partial charge in [-0.1, -0.05) is 0 Å². The molecule has 1 aromatic carbocycles. The molecule has 2 rings (SSSR count). The topological polar surface area (TPSA) is 49.3 Å². The Morgan fingerprint density at radius 3 is 2.69 bits per heavy atom. The Morgan fingerprint density at radius 1 is 1.27 bits per heavy atom. The van der Waals surface area contributed by atoms with E-state index in [4.69, 9.17) is 0 Å². The molecule has 0 fully saturated rings. The molecule has 0 radical (unpaired) electrons. The molecule has 0 amide bonds. The third kappa shape index (κ3) is 9.18. The highest BCUT2D eigenvalue weighted by atomic mass is 127. The van der Waals surface area contributed by atoms with E-state index < -0.39 is 0 Å². The summed E-state index contributed by atoms with van der Waals surface area (Å²) in [5, 5.41) is 9.82. The Kier molecular flexibility index (Phi) is 11.9. The van der Waals surface area contributed by atoms with E-state index >= 15 is 0 Å². The summed E-state index contributed by atoms with van der Waals surface area (Å²) in [6.07, 6.45) is 1.87. The van der Waals surface area contributed by atoms with Crippen molar-refractivity contribution in [1.29, 1.82) is 0 Å². The first-order chi connectivity index (χ1) is 12.2. The van der Waals surface area contributed by atoms with Gasteiger partial charge in [0.2, 0.25) is 0 Å². The van der Waals surface area contributed by atoms with Crippen molar-refractivity contribution in [3.8, 4) is 0 Å². The lowest BCUT2D eigenvalue weighted by Crippen LogP contribution is -2.38. The molecule has 1 heterocycles. The highest BCUT2D eigenvalue weighted by molar-refractivity contribution is 14.0. The molecule has 2 aromatic rings. The van der Waals surface area contributed by atoms with Crippen LogP contribution in [0.1, 0.15) is 24.0 Å². The number of rotatable bonds is 9. The van der Waals surface area contributed by atoms with E-state index in [9.17, 15) is 4.39 Å². The van der Waals surface area contributed by atoms with Crippen molar-refractivity contribution in [3.63, 3.8) is 0 Å². The second-order valence-corrected chi connectivity index (χ2v) is 7.68. The standard InChI is InChI=1S/C18H25FN4S2.HI/c1-3-20-18(22-11-9-16-13-25-14(2)23-16)21-10-4-12-24-17-7-5-15(19)6-8-17;/h5-8,13H,3-4,9-12H2,1-2H3,(H2,20,21,22);1H. The fraction of sp³-hybridized carbons (Fsp3) is 0.444. The average Bonchev–Trinajstić information content (AvgIpc) is 3.01. The maximum absolute atomic E-state index is 12.9. The molecular formula is C18H26FIN4S2. The monoisotopic (exact) mass is 508 g/mol. The van der Waals surface area contributed by atoms with Gasteiger partial charge in [-0.05, 0) is 50.3 Å². The van der Waals surface area contributed by atoms with Crippen molar-refractivity contribution in [1.82, 2.24) is 15.6 Å². The predicted molar refractivity (Wildman–Crippen MR) is 122 cm³/mol. The Hall–Kier alpha value is -0.870. The van der Waals surface area contributed by atoms with Gasteiger partial charge in [-0.3, -0.25) is 4.99 Å². The zero-order valence-corrected chi connectivity index (χ0v) is 19.1. The number of benzene rings is 1. The molecule has 0 aliphatic heterocycles. The van der Waals surface area contributed by atoms with Crippen LogP contribution in [0, 0.1) is 12.7 Å². The number of nitrogens with one attached hydrogen (secondary N) is 2. The van der Waals surface area contributed by atoms with Crippen LogP contribution in [0.2, 0.25) is 0 Å². The summed E-state index contributed by atoms with van der Waals surface area (Å²) in [6.45, 7) is 6.51. The first-order valence-corrected chi connectivity index (χ1v) is 10.4. The summed E-state index contributed by atoms with van der Waals surface area (Å²) in [5.41, 5.74) is 1.13. The van der Waals surface area contributed by atoms with E-state index in [1.807, 2.05) is 19.1 Å². The number of halogens is 2. The lowest BCUT2D eigenvalue weighted by atomic mass is 10.3. The lowest BCUT2D eigenvalue weighted by Gasteiger charge is -2.10. The largest absolute Gasteiger partial charge is 0.357 e. The molecule has 26 heavy (non-hydrogen) atoms. The van der Waals surface area contributed by atoms with Crippen molar-refractivity contribution >= 4 is 53.0 Å². The summed E-state index contributed by atoms with van der Waals surface area (Å²) in [7, 11) is 0. The molecule has 0 spiro atoms. The number of aliphatic imine (C=N–C) groups is 1. The van der Waals surface area contributed by atoms with Crippen LogP contribution >= 0.6 is 47.1 Å². The summed E-state index contributed by atoms with van der Waals surface area (Å²) < 4.78 is 12.9. The molecule has 2 N–H and O–H groups in total. The minimum absolute atomic E-state index is 0. The van der Waals surface area contributed by atoms with Crippen molar-refractivity contribution < 1.29 is 4.39 Å². The third-order valence-electron chi connectivity index (χ3n) is 3.34. The molecule has 0 atom stereocenters. The number of hydrogen-bond donors (Lipinski definition) is 2. The van der Waals surface area contributed by atoms with Crippen LogP contribution in [-0.2, 0) is 6.42 Å². The van der Waals surface area contributed by atoms with E-state index in [2.05, 4.69) is 32.9 Å². The highest BCUT2D eigenvalue weighted by Crippen LogP contribution is 2.18. The second kappa shape index (κ2) is 13.3. The summed E-state index contributed by atoms with van der Waals surface area (Å²) in [4.78, 5) is 10.2. The number of aromatic nitrogens is 1. The van der Waals surface area contributed by atoms with E-state index in [0.717, 1.165) is 59.8 Å². The average molecular weight is 508 g/mol. The highest BCUT2D eigenvalue weighted by Gasteiger charge is 2.01. The summed E-state index contributed by atoms with van der Waals surface area (Å²) in [6, 6.07) is 6.62. The van der Waals surface area contributed by atoms with Gasteiger partial charge in [0.15, 0.2) is 5.96 Å². The molecule has 0 saturated carbocycles. The van der Waals surface area contributed by atoms with E-state index in [0.29, 0.717) is 0 Å². The van der Waals surface area contributed by atoms with Crippen molar-refractivity contribution in [2.75, 3.05) is 25.4 Å². The van der Waals surface area contributed by atoms with Gasteiger partial charge in [0.25, 0.3) is 0 Å². The third-order valence-corrected chi connectivity index (χ3v) is 5.26. The van der Waals surface area contributed by atoms with Gasteiger partial charge < -0.3 is 10.6 Å². The zero-order chi connectivity index (χ0) is 17.9. The van der Waals surface area contributed by atoms with Crippen molar-refractivity contribution in [3.05, 3.63) is 46.2 Å². The number of nitrogens with zero attached hydrogens (tertiary/aromatic N) is 2. The van der Waals surface area contributed by atoms with Crippen LogP contribution in [0.25, 0.3) is 0 Å². The van der Waals surface area contributed by atoms with Gasteiger partial charge in [-0.2, -0.15) is 0 Å². The van der Waals surface area contributed by atoms with Crippen LogP contribution in [0.15, 0.2) is 39.5 Å². The Morgan fingerprint density at radius 2 is 2.04 bits per heavy atom. The van der Waals surface area contributed by atoms with Gasteiger partial charge in [0, 0.05) is 36.3 Å². The first kappa shape index (κ1) is 23.2. The van der Waals surface area contributed by atoms with Crippen LogP contribution in [0.4, 0.5) is 4.39 Å². The minimum atomic E-state index is -0.192. The molecule has 0 aliphatic carbocycles. The van der Waals surface area contributed by atoms with E-state index in [1.54, 1.807) is 23.1 Å². The van der Waals surface area contributed by atoms with Crippen molar-refractivity contribution in [2.24, 2.45) is 4.99 Å². The van der Waals surface area contributed by atoms with Crippen LogP contribution in [0.3, 0.4) is 0 Å². The molecule has 0 aliphatic rings. The number of hydrogen-bond acceptors (Lipinski definition) is 4. The lowest BCUT2D eigenvalue weighted by molar-refractivity contribution is 0.626. The number of guanidine groups is 1. The first-order valence-electron chi connectivity index (χ1n) is 8.49. The van der Waals surface area contributed by atoms with Gasteiger partial charge in [0.1, 0.15) is 5.82 Å². The molecule has 0 saturated heterocycles. The minimum Gasteiger partial charge on any atom is -0.357 e. The van der Waals surface area contributed by atoms with Gasteiger partial charge in [-0.15, -0.1) is 47.1 Å². The normalized spacial score (nSPS) is 11.1. The molecule has 144 valence electrons. The number of thiazole rings is 1. The SMILES string of the molecule is CCNC(=NCCCSc1ccc(F)cc1)NCCc1csc(C)n1.I. The number of aryl methyl sites for hydroxylation is 1. The fourth-order valence-corrected chi connectivity index (χ4v) is 3.63. The fourth-order valence-electron chi connectivity index (χ4n) is 2.15.